The first kappa shape index (κ1) is 26.6. The van der Waals surface area contributed by atoms with Gasteiger partial charge in [-0.05, 0) is 67.9 Å². The fraction of sp³-hybridized carbons (Fsp3) is 0.571. The molecule has 0 aromatic heterocycles. The lowest BCUT2D eigenvalue weighted by atomic mass is 9.81. The van der Waals surface area contributed by atoms with Crippen LogP contribution in [0.5, 0.6) is 0 Å². The van der Waals surface area contributed by atoms with Crippen molar-refractivity contribution in [3.05, 3.63) is 47.5 Å². The van der Waals surface area contributed by atoms with E-state index in [1.54, 1.807) is 0 Å². The first-order chi connectivity index (χ1) is 16.9. The number of benzene rings is 1. The summed E-state index contributed by atoms with van der Waals surface area (Å²) in [6.45, 7) is 5.71. The zero-order chi connectivity index (χ0) is 25.2. The minimum absolute atomic E-state index is 0.0106. The number of nitrogens with zero attached hydrogens (tertiary/aromatic N) is 1. The molecule has 2 N–H and O–H groups in total. The van der Waals surface area contributed by atoms with E-state index in [1.807, 2.05) is 0 Å². The maximum Gasteiger partial charge on any atom is 0.253 e. The molecule has 35 heavy (non-hydrogen) atoms. The molecular weight excluding hydrogens is 442 g/mol. The quantitative estimate of drug-likeness (QED) is 0.353. The summed E-state index contributed by atoms with van der Waals surface area (Å²) in [5.74, 6) is 0.327. The third-order valence-electron chi connectivity index (χ3n) is 7.34. The Morgan fingerprint density at radius 3 is 2.23 bits per heavy atom. The van der Waals surface area contributed by atoms with Gasteiger partial charge in [-0.15, -0.1) is 0 Å². The monoisotopic (exact) mass is 481 g/mol. The molecule has 1 unspecified atom stereocenters. The van der Waals surface area contributed by atoms with Crippen molar-refractivity contribution in [2.45, 2.75) is 71.1 Å². The van der Waals surface area contributed by atoms with Crippen LogP contribution < -0.4 is 10.6 Å². The molecule has 1 aliphatic carbocycles. The number of amides is 4. The Morgan fingerprint density at radius 1 is 0.971 bits per heavy atom. The maximum atomic E-state index is 12.5. The van der Waals surface area contributed by atoms with E-state index in [1.165, 1.54) is 28.2 Å². The summed E-state index contributed by atoms with van der Waals surface area (Å²) in [4.78, 5) is 49.3. The van der Waals surface area contributed by atoms with Crippen LogP contribution in [-0.4, -0.2) is 48.2 Å². The van der Waals surface area contributed by atoms with Gasteiger partial charge in [0.25, 0.3) is 11.8 Å². The normalized spacial score (nSPS) is 20.7. The Balaban J connectivity index is 1.23. The number of hydrogen-bond acceptors (Lipinski definition) is 4. The fourth-order valence-corrected chi connectivity index (χ4v) is 4.80. The lowest BCUT2D eigenvalue weighted by Gasteiger charge is -2.30. The van der Waals surface area contributed by atoms with Gasteiger partial charge in [-0.3, -0.25) is 24.1 Å². The van der Waals surface area contributed by atoms with Crippen LogP contribution in [-0.2, 0) is 25.6 Å². The molecule has 0 bridgehead atoms. The molecule has 0 spiro atoms. The van der Waals surface area contributed by atoms with Gasteiger partial charge in [-0.25, -0.2) is 0 Å². The highest BCUT2D eigenvalue weighted by molar-refractivity contribution is 6.12. The number of rotatable bonds is 12. The Morgan fingerprint density at radius 2 is 1.60 bits per heavy atom. The number of hydrogen-bond donors (Lipinski definition) is 2. The Kier molecular flexibility index (Phi) is 10.1. The average molecular weight is 482 g/mol. The molecule has 1 saturated carbocycles. The van der Waals surface area contributed by atoms with Gasteiger partial charge in [0.15, 0.2) is 0 Å². The van der Waals surface area contributed by atoms with Crippen LogP contribution in [0.25, 0.3) is 0 Å². The molecule has 1 heterocycles. The number of carbonyl (C=O) groups excluding carboxylic acids is 4. The number of nitrogens with one attached hydrogen (secondary N) is 2. The molecule has 1 fully saturated rings. The SMILES string of the molecule is CCC(C)c1ccc(CCCC(=O)NCCNC(=O)C2CCC(CN3C(=O)C=CC3=O)CC2)cc1. The van der Waals surface area contributed by atoms with Gasteiger partial charge >= 0.3 is 0 Å². The molecule has 1 atom stereocenters. The Labute approximate surface area is 208 Å². The second-order valence-electron chi connectivity index (χ2n) is 9.88. The van der Waals surface area contributed by atoms with Crippen molar-refractivity contribution in [1.82, 2.24) is 15.5 Å². The number of aryl methyl sites for hydroxylation is 1. The molecule has 1 aromatic rings. The maximum absolute atomic E-state index is 12.5. The average Bonchev–Trinajstić information content (AvgIpc) is 3.19. The van der Waals surface area contributed by atoms with Crippen LogP contribution in [0.15, 0.2) is 36.4 Å². The lowest BCUT2D eigenvalue weighted by molar-refractivity contribution is -0.138. The first-order valence-corrected chi connectivity index (χ1v) is 13.0. The second kappa shape index (κ2) is 13.2. The lowest BCUT2D eigenvalue weighted by Crippen LogP contribution is -2.40. The van der Waals surface area contributed by atoms with Crippen molar-refractivity contribution >= 4 is 23.6 Å². The number of imide groups is 1. The molecule has 1 aliphatic heterocycles. The van der Waals surface area contributed by atoms with E-state index in [9.17, 15) is 19.2 Å². The molecule has 0 radical (unpaired) electrons. The van der Waals surface area contributed by atoms with Crippen LogP contribution >= 0.6 is 0 Å². The van der Waals surface area contributed by atoms with Crippen molar-refractivity contribution in [2.75, 3.05) is 19.6 Å². The molecule has 2 aliphatic rings. The van der Waals surface area contributed by atoms with Crippen LogP contribution in [0.2, 0.25) is 0 Å². The predicted octanol–water partition coefficient (Wildman–Crippen LogP) is 3.49. The summed E-state index contributed by atoms with van der Waals surface area (Å²) >= 11 is 0. The summed E-state index contributed by atoms with van der Waals surface area (Å²) in [5, 5.41) is 5.81. The number of carbonyl (C=O) groups is 4. The summed E-state index contributed by atoms with van der Waals surface area (Å²) in [6, 6.07) is 8.69. The molecule has 190 valence electrons. The highest BCUT2D eigenvalue weighted by atomic mass is 16.2. The summed E-state index contributed by atoms with van der Waals surface area (Å²) < 4.78 is 0. The summed E-state index contributed by atoms with van der Waals surface area (Å²) in [5.41, 5.74) is 2.61. The van der Waals surface area contributed by atoms with Gasteiger partial charge in [0.1, 0.15) is 0 Å². The van der Waals surface area contributed by atoms with Gasteiger partial charge in [-0.2, -0.15) is 0 Å². The minimum atomic E-state index is -0.243. The zero-order valence-electron chi connectivity index (χ0n) is 21.1. The van der Waals surface area contributed by atoms with Crippen LogP contribution in [0.3, 0.4) is 0 Å². The minimum Gasteiger partial charge on any atom is -0.354 e. The highest BCUT2D eigenvalue weighted by Crippen LogP contribution is 2.30. The Hall–Kier alpha value is -2.96. The van der Waals surface area contributed by atoms with Gasteiger partial charge in [0.2, 0.25) is 11.8 Å². The van der Waals surface area contributed by atoms with Crippen molar-refractivity contribution in [3.63, 3.8) is 0 Å². The third kappa shape index (κ3) is 8.05. The van der Waals surface area contributed by atoms with Crippen LogP contribution in [0, 0.1) is 11.8 Å². The zero-order valence-corrected chi connectivity index (χ0v) is 21.1. The van der Waals surface area contributed by atoms with Gasteiger partial charge < -0.3 is 10.6 Å². The molecule has 7 nitrogen and oxygen atoms in total. The van der Waals surface area contributed by atoms with Crippen molar-refractivity contribution in [1.29, 1.82) is 0 Å². The van der Waals surface area contributed by atoms with Crippen LogP contribution in [0.4, 0.5) is 0 Å². The summed E-state index contributed by atoms with van der Waals surface area (Å²) in [6.07, 6.45) is 9.07. The van der Waals surface area contributed by atoms with Gasteiger partial charge in [0.05, 0.1) is 0 Å². The van der Waals surface area contributed by atoms with Gasteiger partial charge in [-0.1, -0.05) is 38.1 Å². The molecule has 4 amide bonds. The van der Waals surface area contributed by atoms with Crippen molar-refractivity contribution < 1.29 is 19.2 Å². The molecule has 1 aromatic carbocycles. The molecule has 0 saturated heterocycles. The highest BCUT2D eigenvalue weighted by Gasteiger charge is 2.31. The van der Waals surface area contributed by atoms with Crippen LogP contribution in [0.1, 0.15) is 75.8 Å². The fourth-order valence-electron chi connectivity index (χ4n) is 4.80. The standard InChI is InChI=1S/C28H39N3O4/c1-3-20(2)23-11-7-21(8-12-23)5-4-6-25(32)29-17-18-30-28(35)24-13-9-22(10-14-24)19-31-26(33)15-16-27(31)34/h7-8,11-12,15-16,20,22,24H,3-6,9-10,13-14,17-19H2,1-2H3,(H,29,32)(H,30,35). The third-order valence-corrected chi connectivity index (χ3v) is 7.34. The van der Waals surface area contributed by atoms with E-state index in [-0.39, 0.29) is 35.5 Å². The molecule has 7 heteroatoms. The van der Waals surface area contributed by atoms with E-state index in [0.717, 1.165) is 44.9 Å². The molecule has 3 rings (SSSR count). The smallest absolute Gasteiger partial charge is 0.253 e. The largest absolute Gasteiger partial charge is 0.354 e. The summed E-state index contributed by atoms with van der Waals surface area (Å²) in [7, 11) is 0. The Bertz CT molecular complexity index is 899. The van der Waals surface area contributed by atoms with Gasteiger partial charge in [0, 0.05) is 44.1 Å². The van der Waals surface area contributed by atoms with E-state index in [4.69, 9.17) is 0 Å². The van der Waals surface area contributed by atoms with E-state index in [2.05, 4.69) is 48.7 Å². The molecular formula is C28H39N3O4. The van der Waals surface area contributed by atoms with E-state index in [0.29, 0.717) is 32.0 Å². The second-order valence-corrected chi connectivity index (χ2v) is 9.88. The predicted molar refractivity (Wildman–Crippen MR) is 135 cm³/mol. The topological polar surface area (TPSA) is 95.6 Å². The van der Waals surface area contributed by atoms with E-state index >= 15 is 0 Å². The first-order valence-electron chi connectivity index (χ1n) is 13.0. The van der Waals surface area contributed by atoms with E-state index < -0.39 is 0 Å². The van der Waals surface area contributed by atoms with Crippen molar-refractivity contribution in [3.8, 4) is 0 Å². The van der Waals surface area contributed by atoms with Crippen molar-refractivity contribution in [2.24, 2.45) is 11.8 Å².